The van der Waals surface area contributed by atoms with E-state index < -0.39 is 0 Å². The Labute approximate surface area is 115 Å². The smallest absolute Gasteiger partial charge is 0.125 e. The normalized spacial score (nSPS) is 23.8. The molecule has 4 nitrogen and oxygen atoms in total. The Morgan fingerprint density at radius 2 is 2.21 bits per heavy atom. The highest BCUT2D eigenvalue weighted by Crippen LogP contribution is 2.28. The highest BCUT2D eigenvalue weighted by molar-refractivity contribution is 5.03. The summed E-state index contributed by atoms with van der Waals surface area (Å²) in [6.07, 6.45) is 8.63. The molecule has 1 aliphatic heterocycles. The molecule has 2 aliphatic rings. The molecule has 1 aromatic heterocycles. The monoisotopic (exact) mass is 260 g/mol. The zero-order valence-corrected chi connectivity index (χ0v) is 11.8. The summed E-state index contributed by atoms with van der Waals surface area (Å²) in [4.78, 5) is 11.3. The molecule has 1 aromatic rings. The molecule has 1 N–H and O–H groups in total. The molecule has 1 atom stereocenters. The number of nitrogens with zero attached hydrogens (tertiary/aromatic N) is 3. The van der Waals surface area contributed by atoms with Crippen molar-refractivity contribution in [3.8, 4) is 0 Å². The molecule has 0 amide bonds. The number of nitrogens with one attached hydrogen (secondary N) is 1. The molecular formula is C15H24N4. The van der Waals surface area contributed by atoms with E-state index in [-0.39, 0.29) is 0 Å². The van der Waals surface area contributed by atoms with Crippen LogP contribution in [0.15, 0.2) is 12.3 Å². The molecule has 19 heavy (non-hydrogen) atoms. The minimum atomic E-state index is 0.678. The molecule has 1 saturated carbocycles. The number of hydrogen-bond donors (Lipinski definition) is 1. The molecule has 3 rings (SSSR count). The standard InChI is InChI=1S/C15H24N4/c1-12-16-9-7-14(18-12)11-19(15-5-6-15)10-13-4-2-3-8-17-13/h7,9,13,15,17H,2-6,8,10-11H2,1H3. The summed E-state index contributed by atoms with van der Waals surface area (Å²) in [5.41, 5.74) is 1.16. The maximum Gasteiger partial charge on any atom is 0.125 e. The van der Waals surface area contributed by atoms with Crippen LogP contribution in [-0.2, 0) is 6.54 Å². The number of piperidine rings is 1. The predicted molar refractivity (Wildman–Crippen MR) is 75.8 cm³/mol. The van der Waals surface area contributed by atoms with E-state index in [0.29, 0.717) is 6.04 Å². The van der Waals surface area contributed by atoms with Crippen molar-refractivity contribution in [3.63, 3.8) is 0 Å². The lowest BCUT2D eigenvalue weighted by Crippen LogP contribution is -2.44. The Bertz CT molecular complexity index is 410. The fraction of sp³-hybridized carbons (Fsp3) is 0.733. The first kappa shape index (κ1) is 13.0. The summed E-state index contributed by atoms with van der Waals surface area (Å²) in [5.74, 6) is 0.879. The topological polar surface area (TPSA) is 41.1 Å². The zero-order valence-electron chi connectivity index (χ0n) is 11.8. The van der Waals surface area contributed by atoms with Gasteiger partial charge in [0, 0.05) is 31.4 Å². The van der Waals surface area contributed by atoms with E-state index in [0.717, 1.165) is 24.1 Å². The van der Waals surface area contributed by atoms with Crippen molar-refractivity contribution in [1.82, 2.24) is 20.2 Å². The van der Waals surface area contributed by atoms with Gasteiger partial charge in [0.25, 0.3) is 0 Å². The Morgan fingerprint density at radius 1 is 1.32 bits per heavy atom. The Hall–Kier alpha value is -1.00. The van der Waals surface area contributed by atoms with Crippen molar-refractivity contribution in [2.75, 3.05) is 13.1 Å². The van der Waals surface area contributed by atoms with Gasteiger partial charge in [-0.25, -0.2) is 9.97 Å². The lowest BCUT2D eigenvalue weighted by Gasteiger charge is -2.30. The average Bonchev–Trinajstić information content (AvgIpc) is 3.23. The summed E-state index contributed by atoms with van der Waals surface area (Å²) in [5, 5.41) is 3.65. The fourth-order valence-electron chi connectivity index (χ4n) is 2.95. The molecule has 0 bridgehead atoms. The van der Waals surface area contributed by atoms with E-state index in [1.807, 2.05) is 13.1 Å². The maximum atomic E-state index is 4.54. The molecule has 2 heterocycles. The first-order valence-electron chi connectivity index (χ1n) is 7.57. The highest BCUT2D eigenvalue weighted by atomic mass is 15.2. The van der Waals surface area contributed by atoms with Gasteiger partial charge in [-0.1, -0.05) is 6.42 Å². The number of rotatable bonds is 5. The van der Waals surface area contributed by atoms with Crippen molar-refractivity contribution >= 4 is 0 Å². The maximum absolute atomic E-state index is 4.54. The molecule has 0 spiro atoms. The van der Waals surface area contributed by atoms with Crippen LogP contribution in [0.25, 0.3) is 0 Å². The molecule has 0 aromatic carbocycles. The van der Waals surface area contributed by atoms with E-state index in [4.69, 9.17) is 0 Å². The average molecular weight is 260 g/mol. The van der Waals surface area contributed by atoms with Crippen LogP contribution in [0.2, 0.25) is 0 Å². The summed E-state index contributed by atoms with van der Waals surface area (Å²) < 4.78 is 0. The van der Waals surface area contributed by atoms with Crippen molar-refractivity contribution in [1.29, 1.82) is 0 Å². The second-order valence-electron chi connectivity index (χ2n) is 5.90. The summed E-state index contributed by atoms with van der Waals surface area (Å²) in [6.45, 7) is 5.31. The van der Waals surface area contributed by atoms with E-state index in [2.05, 4.69) is 26.3 Å². The van der Waals surface area contributed by atoms with Crippen LogP contribution in [0.1, 0.15) is 43.6 Å². The van der Waals surface area contributed by atoms with Gasteiger partial charge < -0.3 is 5.32 Å². The van der Waals surface area contributed by atoms with E-state index in [1.165, 1.54) is 45.2 Å². The summed E-state index contributed by atoms with van der Waals surface area (Å²) in [7, 11) is 0. The summed E-state index contributed by atoms with van der Waals surface area (Å²) in [6, 6.07) is 3.52. The third-order valence-electron chi connectivity index (χ3n) is 4.13. The third-order valence-corrected chi connectivity index (χ3v) is 4.13. The second kappa shape index (κ2) is 5.97. The van der Waals surface area contributed by atoms with Gasteiger partial charge in [-0.2, -0.15) is 0 Å². The van der Waals surface area contributed by atoms with Crippen molar-refractivity contribution in [2.45, 2.75) is 57.7 Å². The SMILES string of the molecule is Cc1nccc(CN(CC2CCCCN2)C2CC2)n1. The zero-order chi connectivity index (χ0) is 13.1. The van der Waals surface area contributed by atoms with Crippen LogP contribution in [0, 0.1) is 6.92 Å². The van der Waals surface area contributed by atoms with Crippen LogP contribution >= 0.6 is 0 Å². The van der Waals surface area contributed by atoms with E-state index in [9.17, 15) is 0 Å². The second-order valence-corrected chi connectivity index (χ2v) is 5.90. The molecule has 1 aliphatic carbocycles. The van der Waals surface area contributed by atoms with Crippen LogP contribution in [0.5, 0.6) is 0 Å². The highest BCUT2D eigenvalue weighted by Gasteiger charge is 2.31. The molecule has 2 fully saturated rings. The Morgan fingerprint density at radius 3 is 2.89 bits per heavy atom. The lowest BCUT2D eigenvalue weighted by molar-refractivity contribution is 0.206. The molecule has 4 heteroatoms. The van der Waals surface area contributed by atoms with Gasteiger partial charge in [-0.3, -0.25) is 4.90 Å². The number of hydrogen-bond acceptors (Lipinski definition) is 4. The largest absolute Gasteiger partial charge is 0.313 e. The quantitative estimate of drug-likeness (QED) is 0.878. The van der Waals surface area contributed by atoms with Crippen LogP contribution < -0.4 is 5.32 Å². The van der Waals surface area contributed by atoms with E-state index in [1.54, 1.807) is 0 Å². The fourth-order valence-corrected chi connectivity index (χ4v) is 2.95. The van der Waals surface area contributed by atoms with Crippen LogP contribution in [-0.4, -0.2) is 40.0 Å². The number of aryl methyl sites for hydroxylation is 1. The summed E-state index contributed by atoms with van der Waals surface area (Å²) >= 11 is 0. The van der Waals surface area contributed by atoms with Gasteiger partial charge in [0.2, 0.25) is 0 Å². The van der Waals surface area contributed by atoms with Gasteiger partial charge in [-0.15, -0.1) is 0 Å². The molecule has 0 radical (unpaired) electrons. The molecule has 104 valence electrons. The van der Waals surface area contributed by atoms with Gasteiger partial charge >= 0.3 is 0 Å². The molecule has 1 unspecified atom stereocenters. The minimum absolute atomic E-state index is 0.678. The third kappa shape index (κ3) is 3.74. The molecular weight excluding hydrogens is 236 g/mol. The lowest BCUT2D eigenvalue weighted by atomic mass is 10.0. The van der Waals surface area contributed by atoms with Crippen LogP contribution in [0.3, 0.4) is 0 Å². The number of aromatic nitrogens is 2. The van der Waals surface area contributed by atoms with Gasteiger partial charge in [0.15, 0.2) is 0 Å². The molecule has 1 saturated heterocycles. The minimum Gasteiger partial charge on any atom is -0.313 e. The van der Waals surface area contributed by atoms with Crippen molar-refractivity contribution < 1.29 is 0 Å². The van der Waals surface area contributed by atoms with E-state index >= 15 is 0 Å². The first-order chi connectivity index (χ1) is 9.31. The Kier molecular flexibility index (Phi) is 4.09. The van der Waals surface area contributed by atoms with Crippen molar-refractivity contribution in [3.05, 3.63) is 23.8 Å². The van der Waals surface area contributed by atoms with Gasteiger partial charge in [0.1, 0.15) is 5.82 Å². The predicted octanol–water partition coefficient (Wildman–Crippen LogP) is 1.89. The van der Waals surface area contributed by atoms with Crippen LogP contribution in [0.4, 0.5) is 0 Å². The Balaban J connectivity index is 1.60. The van der Waals surface area contributed by atoms with Gasteiger partial charge in [0.05, 0.1) is 5.69 Å². The van der Waals surface area contributed by atoms with Gasteiger partial charge in [-0.05, 0) is 45.2 Å². The van der Waals surface area contributed by atoms with Crippen molar-refractivity contribution in [2.24, 2.45) is 0 Å². The first-order valence-corrected chi connectivity index (χ1v) is 7.57.